The zero-order chi connectivity index (χ0) is 29.8. The van der Waals surface area contributed by atoms with Gasteiger partial charge in [-0.2, -0.15) is 13.2 Å². The summed E-state index contributed by atoms with van der Waals surface area (Å²) in [5.74, 6) is -3.12. The van der Waals surface area contributed by atoms with Crippen LogP contribution in [0.2, 0.25) is 5.15 Å². The summed E-state index contributed by atoms with van der Waals surface area (Å²) in [5, 5.41) is 4.66. The van der Waals surface area contributed by atoms with E-state index >= 15 is 0 Å². The van der Waals surface area contributed by atoms with E-state index in [2.05, 4.69) is 15.6 Å². The first kappa shape index (κ1) is 30.1. The molecule has 212 valence electrons. The number of nitrogens with two attached hydrogens (primary N) is 1. The molecule has 0 saturated carbocycles. The highest BCUT2D eigenvalue weighted by atomic mass is 35.5. The van der Waals surface area contributed by atoms with Crippen molar-refractivity contribution >= 4 is 50.9 Å². The van der Waals surface area contributed by atoms with Crippen molar-refractivity contribution in [1.29, 1.82) is 0 Å². The third-order valence-electron chi connectivity index (χ3n) is 5.26. The maximum absolute atomic E-state index is 12.8. The van der Waals surface area contributed by atoms with Gasteiger partial charge in [-0.25, -0.2) is 18.1 Å². The normalized spacial score (nSPS) is 11.5. The van der Waals surface area contributed by atoms with Crippen molar-refractivity contribution in [3.63, 3.8) is 0 Å². The van der Waals surface area contributed by atoms with Gasteiger partial charge in [0.1, 0.15) is 6.54 Å². The van der Waals surface area contributed by atoms with Crippen LogP contribution in [0.15, 0.2) is 58.2 Å². The van der Waals surface area contributed by atoms with Crippen LogP contribution in [0.3, 0.4) is 0 Å². The van der Waals surface area contributed by atoms with Crippen LogP contribution in [0.1, 0.15) is 21.6 Å². The molecule has 0 radical (unpaired) electrons. The van der Waals surface area contributed by atoms with Crippen molar-refractivity contribution in [2.24, 2.45) is 5.73 Å². The minimum absolute atomic E-state index is 0.111. The Bertz CT molecular complexity index is 1640. The molecular weight excluding hydrogens is 581 g/mol. The van der Waals surface area contributed by atoms with Crippen molar-refractivity contribution in [1.82, 2.24) is 14.3 Å². The number of halogens is 4. The summed E-state index contributed by atoms with van der Waals surface area (Å²) < 4.78 is 66.2. The summed E-state index contributed by atoms with van der Waals surface area (Å²) in [4.78, 5) is 52.6. The fourth-order valence-corrected chi connectivity index (χ4v) is 4.43. The smallest absolute Gasteiger partial charge is 0.368 e. The number of carbonyl (C=O) groups is 3. The Morgan fingerprint density at radius 1 is 1.07 bits per heavy atom. The van der Waals surface area contributed by atoms with Gasteiger partial charge >= 0.3 is 6.18 Å². The van der Waals surface area contributed by atoms with Crippen LogP contribution >= 0.6 is 11.6 Å². The number of hydrogen-bond donors (Lipinski definition) is 4. The van der Waals surface area contributed by atoms with Gasteiger partial charge in [0.2, 0.25) is 11.8 Å². The van der Waals surface area contributed by atoms with Crippen molar-refractivity contribution in [2.45, 2.75) is 24.5 Å². The van der Waals surface area contributed by atoms with Crippen LogP contribution in [0.4, 0.5) is 24.7 Å². The molecule has 0 saturated heterocycles. The molecule has 3 amide bonds. The third-order valence-corrected chi connectivity index (χ3v) is 6.96. The van der Waals surface area contributed by atoms with Gasteiger partial charge in [-0.3, -0.25) is 23.7 Å². The summed E-state index contributed by atoms with van der Waals surface area (Å²) in [7, 11) is -4.58. The first-order chi connectivity index (χ1) is 18.6. The van der Waals surface area contributed by atoms with Crippen LogP contribution in [-0.4, -0.2) is 42.2 Å². The molecule has 0 unspecified atom stereocenters. The maximum atomic E-state index is 12.8. The number of alkyl halides is 3. The summed E-state index contributed by atoms with van der Waals surface area (Å²) in [6.45, 7) is 0.374. The number of sulfonamides is 1. The second-order valence-electron chi connectivity index (χ2n) is 8.10. The molecule has 5 N–H and O–H groups in total. The predicted molar refractivity (Wildman–Crippen MR) is 137 cm³/mol. The first-order valence-corrected chi connectivity index (χ1v) is 12.9. The lowest BCUT2D eigenvalue weighted by atomic mass is 10.1. The van der Waals surface area contributed by atoms with Crippen LogP contribution in [0.5, 0.6) is 0 Å². The molecule has 1 aromatic heterocycles. The van der Waals surface area contributed by atoms with Gasteiger partial charge in [0.05, 0.1) is 33.9 Å². The van der Waals surface area contributed by atoms with Crippen LogP contribution < -0.4 is 26.6 Å². The Labute approximate surface area is 229 Å². The highest BCUT2D eigenvalue weighted by Gasteiger charge is 2.31. The molecule has 0 aliphatic carbocycles. The summed E-state index contributed by atoms with van der Waals surface area (Å²) in [5.41, 5.74) is 2.85. The topological polar surface area (TPSA) is 182 Å². The van der Waals surface area contributed by atoms with Gasteiger partial charge in [-0.05, 0) is 43.3 Å². The quantitative estimate of drug-likeness (QED) is 0.287. The molecule has 0 bridgehead atoms. The van der Waals surface area contributed by atoms with Crippen molar-refractivity contribution in [2.75, 3.05) is 17.2 Å². The standard InChI is InChI=1S/C23H20ClF3N6O6S/c1-12-19(24)31-20(29-10-17(28)34)22(37)33(12)11-18(35)30-16-5-3-2-4-15(16)21(36)32-40(38,39)14-8-6-13(7-9-14)23(25,26)27/h2-9H,10-11H2,1H3,(H2,28,34)(H,29,31)(H,30,35)(H,32,36). The molecule has 0 aliphatic rings. The zero-order valence-corrected chi connectivity index (χ0v) is 21.9. The molecule has 2 aromatic carbocycles. The van der Waals surface area contributed by atoms with E-state index in [1.165, 1.54) is 31.2 Å². The third kappa shape index (κ3) is 7.15. The lowest BCUT2D eigenvalue weighted by molar-refractivity contribution is -0.137. The van der Waals surface area contributed by atoms with Gasteiger partial charge < -0.3 is 16.4 Å². The summed E-state index contributed by atoms with van der Waals surface area (Å²) in [6, 6.07) is 7.78. The highest BCUT2D eigenvalue weighted by Crippen LogP contribution is 2.29. The average molecular weight is 601 g/mol. The van der Waals surface area contributed by atoms with E-state index in [0.29, 0.717) is 24.3 Å². The van der Waals surface area contributed by atoms with Crippen LogP contribution in [-0.2, 0) is 32.3 Å². The van der Waals surface area contributed by atoms with Crippen molar-refractivity contribution in [3.05, 3.63) is 80.9 Å². The van der Waals surface area contributed by atoms with E-state index in [4.69, 9.17) is 17.3 Å². The molecule has 12 nitrogen and oxygen atoms in total. The number of benzene rings is 2. The van der Waals surface area contributed by atoms with E-state index in [1.54, 1.807) is 4.72 Å². The Hall–Kier alpha value is -4.44. The minimum atomic E-state index is -4.68. The molecule has 3 aromatic rings. The molecule has 17 heteroatoms. The molecule has 0 spiro atoms. The summed E-state index contributed by atoms with van der Waals surface area (Å²) >= 11 is 6.04. The largest absolute Gasteiger partial charge is 0.416 e. The van der Waals surface area contributed by atoms with Gasteiger partial charge in [-0.1, -0.05) is 23.7 Å². The second kappa shape index (κ2) is 11.7. The molecule has 0 atom stereocenters. The number of amides is 3. The Morgan fingerprint density at radius 2 is 1.70 bits per heavy atom. The molecule has 40 heavy (non-hydrogen) atoms. The lowest BCUT2D eigenvalue weighted by Crippen LogP contribution is -2.34. The van der Waals surface area contributed by atoms with Gasteiger partial charge in [0, 0.05) is 0 Å². The monoisotopic (exact) mass is 600 g/mol. The maximum Gasteiger partial charge on any atom is 0.416 e. The SMILES string of the molecule is Cc1c(Cl)nc(NCC(N)=O)c(=O)n1CC(=O)Nc1ccccc1C(=O)NS(=O)(=O)c1ccc(C(F)(F)F)cc1. The van der Waals surface area contributed by atoms with E-state index < -0.39 is 63.0 Å². The number of nitrogens with one attached hydrogen (secondary N) is 3. The average Bonchev–Trinajstić information content (AvgIpc) is 2.87. The molecule has 0 fully saturated rings. The van der Waals surface area contributed by atoms with Crippen LogP contribution in [0.25, 0.3) is 0 Å². The number of aromatic nitrogens is 2. The van der Waals surface area contributed by atoms with Gasteiger partial charge in [0.15, 0.2) is 11.0 Å². The van der Waals surface area contributed by atoms with Crippen molar-refractivity contribution < 1.29 is 36.0 Å². The lowest BCUT2D eigenvalue weighted by Gasteiger charge is -2.15. The number of primary amides is 1. The van der Waals surface area contributed by atoms with E-state index in [1.807, 2.05) is 0 Å². The Balaban J connectivity index is 1.81. The molecule has 1 heterocycles. The van der Waals surface area contributed by atoms with Gasteiger partial charge in [-0.15, -0.1) is 0 Å². The van der Waals surface area contributed by atoms with E-state index in [-0.39, 0.29) is 27.9 Å². The number of hydrogen-bond acceptors (Lipinski definition) is 8. The molecule has 0 aliphatic heterocycles. The molecular formula is C23H20ClF3N6O6S. The van der Waals surface area contributed by atoms with E-state index in [9.17, 15) is 40.8 Å². The Morgan fingerprint density at radius 3 is 2.30 bits per heavy atom. The van der Waals surface area contributed by atoms with E-state index in [0.717, 1.165) is 4.57 Å². The second-order valence-corrected chi connectivity index (χ2v) is 10.1. The number of rotatable bonds is 9. The Kier molecular flexibility index (Phi) is 8.84. The fourth-order valence-electron chi connectivity index (χ4n) is 3.28. The number of anilines is 2. The van der Waals surface area contributed by atoms with Crippen molar-refractivity contribution in [3.8, 4) is 0 Å². The van der Waals surface area contributed by atoms with Gasteiger partial charge in [0.25, 0.3) is 21.5 Å². The minimum Gasteiger partial charge on any atom is -0.368 e. The highest BCUT2D eigenvalue weighted by molar-refractivity contribution is 7.90. The fraction of sp³-hybridized carbons (Fsp3) is 0.174. The van der Waals surface area contributed by atoms with Crippen LogP contribution in [0, 0.1) is 6.92 Å². The summed E-state index contributed by atoms with van der Waals surface area (Å²) in [6.07, 6.45) is -4.68. The first-order valence-electron chi connectivity index (χ1n) is 11.0. The number of nitrogens with zero attached hydrogens (tertiary/aromatic N) is 2. The predicted octanol–water partition coefficient (Wildman–Crippen LogP) is 1.88. The number of carbonyl (C=O) groups excluding carboxylic acids is 3. The molecule has 3 rings (SSSR count). The zero-order valence-electron chi connectivity index (χ0n) is 20.4. The number of para-hydroxylation sites is 1.